The van der Waals surface area contributed by atoms with Crippen molar-refractivity contribution in [1.29, 1.82) is 0 Å². The summed E-state index contributed by atoms with van der Waals surface area (Å²) in [6, 6.07) is 1.30. The summed E-state index contributed by atoms with van der Waals surface area (Å²) in [5.41, 5.74) is 2.28. The molecule has 1 saturated heterocycles. The van der Waals surface area contributed by atoms with E-state index in [1.807, 2.05) is 12.4 Å². The van der Waals surface area contributed by atoms with Gasteiger partial charge in [0.15, 0.2) is 0 Å². The average molecular weight is 274 g/mol. The van der Waals surface area contributed by atoms with E-state index in [0.29, 0.717) is 6.04 Å². The zero-order chi connectivity index (χ0) is 13.9. The quantitative estimate of drug-likeness (QED) is 0.845. The van der Waals surface area contributed by atoms with Gasteiger partial charge in [0.1, 0.15) is 0 Å². The highest BCUT2D eigenvalue weighted by Gasteiger charge is 2.34. The van der Waals surface area contributed by atoms with Crippen LogP contribution in [0.15, 0.2) is 12.4 Å². The topological polar surface area (TPSA) is 32.3 Å². The highest BCUT2D eigenvalue weighted by molar-refractivity contribution is 5.10. The molecule has 0 bridgehead atoms. The van der Waals surface area contributed by atoms with Gasteiger partial charge in [-0.05, 0) is 46.3 Å². The fourth-order valence-electron chi connectivity index (χ4n) is 3.76. The van der Waals surface area contributed by atoms with Crippen LogP contribution in [0.25, 0.3) is 0 Å². The van der Waals surface area contributed by atoms with Crippen LogP contribution in [-0.2, 0) is 6.54 Å². The van der Waals surface area contributed by atoms with Gasteiger partial charge in [-0.3, -0.25) is 14.9 Å². The maximum Gasteiger partial charge on any atom is 0.0762 e. The zero-order valence-corrected chi connectivity index (χ0v) is 12.8. The molecular formula is C16H26N4. The zero-order valence-electron chi connectivity index (χ0n) is 12.8. The van der Waals surface area contributed by atoms with Gasteiger partial charge in [-0.15, -0.1) is 0 Å². The molecule has 1 aromatic rings. The second-order valence-corrected chi connectivity index (χ2v) is 6.51. The van der Waals surface area contributed by atoms with Crippen LogP contribution in [-0.4, -0.2) is 46.4 Å². The number of likely N-dealkylation sites (tertiary alicyclic amines) is 1. The lowest BCUT2D eigenvalue weighted by molar-refractivity contribution is 0.179. The summed E-state index contributed by atoms with van der Waals surface area (Å²) in [6.07, 6.45) is 12.0. The van der Waals surface area contributed by atoms with Gasteiger partial charge >= 0.3 is 0 Å². The van der Waals surface area contributed by atoms with Crippen LogP contribution in [0.3, 0.4) is 0 Å². The summed E-state index contributed by atoms with van der Waals surface area (Å²) in [4.78, 5) is 14.2. The molecule has 0 N–H and O–H groups in total. The van der Waals surface area contributed by atoms with Gasteiger partial charge in [0, 0.05) is 25.0 Å². The number of nitrogens with zero attached hydrogens (tertiary/aromatic N) is 4. The molecule has 2 fully saturated rings. The van der Waals surface area contributed by atoms with E-state index in [2.05, 4.69) is 28.9 Å². The highest BCUT2D eigenvalue weighted by Crippen LogP contribution is 2.37. The van der Waals surface area contributed by atoms with Crippen molar-refractivity contribution in [2.24, 2.45) is 0 Å². The van der Waals surface area contributed by atoms with E-state index >= 15 is 0 Å². The van der Waals surface area contributed by atoms with E-state index in [4.69, 9.17) is 4.98 Å². The Balaban J connectivity index is 1.76. The largest absolute Gasteiger partial charge is 0.304 e. The third kappa shape index (κ3) is 3.01. The average Bonchev–Trinajstić information content (AvgIpc) is 3.09. The lowest BCUT2D eigenvalue weighted by atomic mass is 10.1. The Morgan fingerprint density at radius 2 is 1.95 bits per heavy atom. The van der Waals surface area contributed by atoms with Gasteiger partial charge in [0.25, 0.3) is 0 Å². The molecule has 20 heavy (non-hydrogen) atoms. The van der Waals surface area contributed by atoms with Crippen molar-refractivity contribution in [1.82, 2.24) is 19.8 Å². The molecule has 0 radical (unpaired) electrons. The molecule has 0 unspecified atom stereocenters. The van der Waals surface area contributed by atoms with Gasteiger partial charge in [-0.2, -0.15) is 0 Å². The third-order valence-electron chi connectivity index (χ3n) is 4.61. The molecule has 1 saturated carbocycles. The predicted molar refractivity (Wildman–Crippen MR) is 80.4 cm³/mol. The predicted octanol–water partition coefficient (Wildman–Crippen LogP) is 2.62. The number of rotatable bonds is 4. The van der Waals surface area contributed by atoms with Crippen molar-refractivity contribution in [3.05, 3.63) is 23.8 Å². The molecule has 0 aromatic carbocycles. The Labute approximate surface area is 122 Å². The second kappa shape index (κ2) is 6.19. The third-order valence-corrected chi connectivity index (χ3v) is 4.61. The maximum atomic E-state index is 4.87. The second-order valence-electron chi connectivity index (χ2n) is 6.51. The molecule has 4 heteroatoms. The first-order valence-electron chi connectivity index (χ1n) is 7.95. The Morgan fingerprint density at radius 1 is 1.15 bits per heavy atom. The summed E-state index contributed by atoms with van der Waals surface area (Å²) < 4.78 is 0. The number of hydrogen-bond donors (Lipinski definition) is 0. The van der Waals surface area contributed by atoms with Gasteiger partial charge in [-0.25, -0.2) is 0 Å². The van der Waals surface area contributed by atoms with Gasteiger partial charge in [0.05, 0.1) is 17.4 Å². The molecule has 2 aliphatic rings. The molecule has 110 valence electrons. The van der Waals surface area contributed by atoms with E-state index in [-0.39, 0.29) is 0 Å². The first-order valence-corrected chi connectivity index (χ1v) is 7.95. The monoisotopic (exact) mass is 274 g/mol. The van der Waals surface area contributed by atoms with Gasteiger partial charge in [-0.1, -0.05) is 12.8 Å². The minimum atomic E-state index is 0.507. The molecule has 4 nitrogen and oxygen atoms in total. The van der Waals surface area contributed by atoms with E-state index in [9.17, 15) is 0 Å². The molecule has 1 aliphatic carbocycles. The normalized spacial score (nSPS) is 24.9. The Morgan fingerprint density at radius 3 is 2.70 bits per heavy atom. The van der Waals surface area contributed by atoms with Crippen molar-refractivity contribution in [2.75, 3.05) is 20.6 Å². The summed E-state index contributed by atoms with van der Waals surface area (Å²) in [7, 11) is 4.16. The molecule has 0 amide bonds. The van der Waals surface area contributed by atoms with Crippen molar-refractivity contribution in [3.8, 4) is 0 Å². The van der Waals surface area contributed by atoms with Crippen LogP contribution in [0.1, 0.15) is 56.0 Å². The van der Waals surface area contributed by atoms with Crippen LogP contribution in [0.5, 0.6) is 0 Å². The standard InChI is InChI=1S/C16H26N4/c1-19(2)12-13-10-17-11-15(18-13)16-8-5-9-20(16)14-6-3-4-7-14/h10-11,14,16H,3-9,12H2,1-2H3/t16-/m1/s1. The van der Waals surface area contributed by atoms with E-state index in [0.717, 1.165) is 18.3 Å². The van der Waals surface area contributed by atoms with Crippen LogP contribution in [0.2, 0.25) is 0 Å². The van der Waals surface area contributed by atoms with Crippen molar-refractivity contribution >= 4 is 0 Å². The lowest BCUT2D eigenvalue weighted by Gasteiger charge is -2.30. The van der Waals surface area contributed by atoms with Crippen molar-refractivity contribution in [3.63, 3.8) is 0 Å². The SMILES string of the molecule is CN(C)Cc1cncc([C@H]2CCCN2C2CCCC2)n1. The minimum Gasteiger partial charge on any atom is -0.304 e. The number of hydrogen-bond acceptors (Lipinski definition) is 4. The first-order chi connectivity index (χ1) is 9.74. The Bertz CT molecular complexity index is 440. The van der Waals surface area contributed by atoms with Crippen molar-refractivity contribution in [2.45, 2.75) is 57.2 Å². The molecule has 3 rings (SSSR count). The smallest absolute Gasteiger partial charge is 0.0762 e. The summed E-state index contributed by atoms with van der Waals surface area (Å²) in [6.45, 7) is 2.12. The fourth-order valence-corrected chi connectivity index (χ4v) is 3.76. The van der Waals surface area contributed by atoms with E-state index < -0.39 is 0 Å². The molecule has 1 aromatic heterocycles. The maximum absolute atomic E-state index is 4.87. The summed E-state index contributed by atoms with van der Waals surface area (Å²) >= 11 is 0. The van der Waals surface area contributed by atoms with Crippen molar-refractivity contribution < 1.29 is 0 Å². The molecule has 1 atom stereocenters. The molecule has 1 aliphatic heterocycles. The van der Waals surface area contributed by atoms with Gasteiger partial charge in [0.2, 0.25) is 0 Å². The Kier molecular flexibility index (Phi) is 4.32. The molecule has 0 spiro atoms. The first kappa shape index (κ1) is 14.0. The summed E-state index contributed by atoms with van der Waals surface area (Å²) in [5.74, 6) is 0. The van der Waals surface area contributed by atoms with Crippen LogP contribution >= 0.6 is 0 Å². The van der Waals surface area contributed by atoms with Crippen LogP contribution in [0, 0.1) is 0 Å². The molecular weight excluding hydrogens is 248 g/mol. The van der Waals surface area contributed by atoms with Crippen LogP contribution in [0.4, 0.5) is 0 Å². The number of aromatic nitrogens is 2. The van der Waals surface area contributed by atoms with E-state index in [1.54, 1.807) is 0 Å². The summed E-state index contributed by atoms with van der Waals surface area (Å²) in [5, 5.41) is 0. The van der Waals surface area contributed by atoms with Gasteiger partial charge < -0.3 is 4.90 Å². The highest BCUT2D eigenvalue weighted by atomic mass is 15.2. The van der Waals surface area contributed by atoms with E-state index in [1.165, 1.54) is 50.8 Å². The lowest BCUT2D eigenvalue weighted by Crippen LogP contribution is -2.33. The fraction of sp³-hybridized carbons (Fsp3) is 0.750. The molecule has 2 heterocycles. The Hall–Kier alpha value is -1.00. The minimum absolute atomic E-state index is 0.507. The van der Waals surface area contributed by atoms with Crippen LogP contribution < -0.4 is 0 Å².